The highest BCUT2D eigenvalue weighted by atomic mass is 16.5. The summed E-state index contributed by atoms with van der Waals surface area (Å²) in [7, 11) is 0. The van der Waals surface area contributed by atoms with Crippen LogP contribution in [0.2, 0.25) is 0 Å². The smallest absolute Gasteiger partial charge is 0.291 e. The van der Waals surface area contributed by atoms with Crippen LogP contribution < -0.4 is 10.1 Å². The average molecular weight is 298 g/mol. The number of hydrogen-bond acceptors (Lipinski definition) is 6. The largest absolute Gasteiger partial charge is 0.487 e. The number of amides is 1. The summed E-state index contributed by atoms with van der Waals surface area (Å²) >= 11 is 0. The number of carbonyl (C=O) groups is 1. The summed E-state index contributed by atoms with van der Waals surface area (Å²) in [6, 6.07) is 5.31. The molecule has 0 radical (unpaired) electrons. The standard InChI is InChI=1S/C14H14N6O2/c1-10(22-11-4-2-5-15-9-11)8-17-13(21)12-18-14-16-6-3-7-20(14)19-12/h2-7,9-10H,8H2,1H3,(H,17,21). The molecule has 0 saturated heterocycles. The topological polar surface area (TPSA) is 94.3 Å². The van der Waals surface area contributed by atoms with Crippen molar-refractivity contribution in [1.82, 2.24) is 29.9 Å². The Bertz CT molecular complexity index is 740. The Morgan fingerprint density at radius 1 is 1.41 bits per heavy atom. The van der Waals surface area contributed by atoms with Gasteiger partial charge >= 0.3 is 0 Å². The number of hydrogen-bond donors (Lipinski definition) is 1. The number of rotatable bonds is 5. The Kier molecular flexibility index (Phi) is 3.90. The SMILES string of the molecule is CC(CNC(=O)c1nc2ncccn2n1)Oc1cccnc1. The maximum absolute atomic E-state index is 12.0. The summed E-state index contributed by atoms with van der Waals surface area (Å²) in [5.74, 6) is 0.742. The van der Waals surface area contributed by atoms with Crippen LogP contribution in [0.4, 0.5) is 0 Å². The highest BCUT2D eigenvalue weighted by molar-refractivity contribution is 5.90. The molecule has 0 aliphatic carbocycles. The zero-order valence-corrected chi connectivity index (χ0v) is 11.9. The highest BCUT2D eigenvalue weighted by Crippen LogP contribution is 2.08. The van der Waals surface area contributed by atoms with E-state index in [1.807, 2.05) is 6.92 Å². The van der Waals surface area contributed by atoms with Crippen molar-refractivity contribution in [3.63, 3.8) is 0 Å². The van der Waals surface area contributed by atoms with E-state index >= 15 is 0 Å². The van der Waals surface area contributed by atoms with Gasteiger partial charge in [0.25, 0.3) is 11.7 Å². The van der Waals surface area contributed by atoms with Gasteiger partial charge in [-0.15, -0.1) is 5.10 Å². The van der Waals surface area contributed by atoms with Crippen LogP contribution >= 0.6 is 0 Å². The lowest BCUT2D eigenvalue weighted by molar-refractivity contribution is 0.0922. The van der Waals surface area contributed by atoms with Crippen LogP contribution in [-0.4, -0.2) is 43.1 Å². The van der Waals surface area contributed by atoms with Gasteiger partial charge in [-0.2, -0.15) is 4.98 Å². The van der Waals surface area contributed by atoms with Gasteiger partial charge in [0.05, 0.1) is 12.7 Å². The average Bonchev–Trinajstić information content (AvgIpc) is 2.98. The second-order valence-corrected chi connectivity index (χ2v) is 4.63. The van der Waals surface area contributed by atoms with Crippen molar-refractivity contribution in [2.24, 2.45) is 0 Å². The van der Waals surface area contributed by atoms with E-state index in [1.165, 1.54) is 4.52 Å². The number of nitrogens with zero attached hydrogens (tertiary/aromatic N) is 5. The van der Waals surface area contributed by atoms with Gasteiger partial charge in [0.2, 0.25) is 5.82 Å². The number of pyridine rings is 1. The molecule has 22 heavy (non-hydrogen) atoms. The van der Waals surface area contributed by atoms with E-state index < -0.39 is 0 Å². The molecule has 1 unspecified atom stereocenters. The van der Waals surface area contributed by atoms with Crippen LogP contribution in [-0.2, 0) is 0 Å². The molecule has 0 spiro atoms. The molecule has 0 saturated carbocycles. The molecule has 1 amide bonds. The number of fused-ring (bicyclic) bond motifs is 1. The minimum atomic E-state index is -0.368. The van der Waals surface area contributed by atoms with Gasteiger partial charge in [0.15, 0.2) is 0 Å². The number of aromatic nitrogens is 5. The van der Waals surface area contributed by atoms with Crippen LogP contribution in [0, 0.1) is 0 Å². The van der Waals surface area contributed by atoms with Crippen LogP contribution in [0.25, 0.3) is 5.78 Å². The van der Waals surface area contributed by atoms with Gasteiger partial charge in [0.1, 0.15) is 11.9 Å². The van der Waals surface area contributed by atoms with Crippen molar-refractivity contribution in [1.29, 1.82) is 0 Å². The van der Waals surface area contributed by atoms with Crippen LogP contribution in [0.15, 0.2) is 43.0 Å². The summed E-state index contributed by atoms with van der Waals surface area (Å²) in [5.41, 5.74) is 0. The van der Waals surface area contributed by atoms with Gasteiger partial charge in [0, 0.05) is 18.6 Å². The molecule has 8 nitrogen and oxygen atoms in total. The van der Waals surface area contributed by atoms with Crippen LogP contribution in [0.3, 0.4) is 0 Å². The molecule has 112 valence electrons. The fourth-order valence-electron chi connectivity index (χ4n) is 1.84. The van der Waals surface area contributed by atoms with Crippen molar-refractivity contribution in [2.75, 3.05) is 6.54 Å². The lowest BCUT2D eigenvalue weighted by atomic mass is 10.3. The molecule has 0 aromatic carbocycles. The first kappa shape index (κ1) is 13.9. The molecule has 1 atom stereocenters. The normalized spacial score (nSPS) is 12.0. The molecule has 0 bridgehead atoms. The minimum absolute atomic E-state index is 0.0762. The van der Waals surface area contributed by atoms with Gasteiger partial charge < -0.3 is 10.1 Å². The maximum Gasteiger partial charge on any atom is 0.291 e. The van der Waals surface area contributed by atoms with E-state index in [0.29, 0.717) is 18.1 Å². The zero-order valence-electron chi connectivity index (χ0n) is 11.9. The third-order valence-electron chi connectivity index (χ3n) is 2.84. The third kappa shape index (κ3) is 3.17. The van der Waals surface area contributed by atoms with Gasteiger partial charge in [-0.3, -0.25) is 9.78 Å². The lowest BCUT2D eigenvalue weighted by Gasteiger charge is -2.14. The monoisotopic (exact) mass is 298 g/mol. The first-order valence-corrected chi connectivity index (χ1v) is 6.74. The highest BCUT2D eigenvalue weighted by Gasteiger charge is 2.14. The molecule has 3 aromatic heterocycles. The Labute approximate surface area is 126 Å². The Balaban J connectivity index is 1.57. The van der Waals surface area contributed by atoms with Crippen LogP contribution in [0.1, 0.15) is 17.5 Å². The summed E-state index contributed by atoms with van der Waals surface area (Å²) < 4.78 is 7.07. The first-order chi connectivity index (χ1) is 10.7. The lowest BCUT2D eigenvalue weighted by Crippen LogP contribution is -2.34. The van der Waals surface area contributed by atoms with Crippen molar-refractivity contribution in [3.8, 4) is 5.75 Å². The molecule has 3 rings (SSSR count). The van der Waals surface area contributed by atoms with E-state index in [4.69, 9.17) is 4.74 Å². The van der Waals surface area contributed by atoms with E-state index in [9.17, 15) is 4.79 Å². The maximum atomic E-state index is 12.0. The molecule has 0 aliphatic heterocycles. The molecular formula is C14H14N6O2. The van der Waals surface area contributed by atoms with E-state index in [-0.39, 0.29) is 17.8 Å². The first-order valence-electron chi connectivity index (χ1n) is 6.74. The van der Waals surface area contributed by atoms with Crippen molar-refractivity contribution in [2.45, 2.75) is 13.0 Å². The van der Waals surface area contributed by atoms with Crippen LogP contribution in [0.5, 0.6) is 5.75 Å². The molecule has 3 heterocycles. The van der Waals surface area contributed by atoms with Crippen molar-refractivity contribution >= 4 is 11.7 Å². The van der Waals surface area contributed by atoms with Gasteiger partial charge in [-0.05, 0) is 25.1 Å². The fourth-order valence-corrected chi connectivity index (χ4v) is 1.84. The minimum Gasteiger partial charge on any atom is -0.487 e. The van der Waals surface area contributed by atoms with Crippen molar-refractivity contribution < 1.29 is 9.53 Å². The molecular weight excluding hydrogens is 284 g/mol. The van der Waals surface area contributed by atoms with E-state index in [1.54, 1.807) is 43.0 Å². The van der Waals surface area contributed by atoms with E-state index in [0.717, 1.165) is 0 Å². The second-order valence-electron chi connectivity index (χ2n) is 4.63. The summed E-state index contributed by atoms with van der Waals surface area (Å²) in [5, 5.41) is 6.78. The summed E-state index contributed by atoms with van der Waals surface area (Å²) in [6.45, 7) is 2.18. The molecule has 0 fully saturated rings. The van der Waals surface area contributed by atoms with Gasteiger partial charge in [-0.25, -0.2) is 9.50 Å². The fraction of sp³-hybridized carbons (Fsp3) is 0.214. The molecule has 1 N–H and O–H groups in total. The number of carbonyl (C=O) groups excluding carboxylic acids is 1. The predicted molar refractivity (Wildman–Crippen MR) is 77.4 cm³/mol. The number of ether oxygens (including phenoxy) is 1. The summed E-state index contributed by atoms with van der Waals surface area (Å²) in [6.07, 6.45) is 6.36. The molecule has 0 aliphatic rings. The predicted octanol–water partition coefficient (Wildman–Crippen LogP) is 0.717. The quantitative estimate of drug-likeness (QED) is 0.745. The van der Waals surface area contributed by atoms with Crippen molar-refractivity contribution in [3.05, 3.63) is 48.8 Å². The molecule has 3 aromatic rings. The second kappa shape index (κ2) is 6.17. The Morgan fingerprint density at radius 2 is 2.32 bits per heavy atom. The number of nitrogens with one attached hydrogen (secondary N) is 1. The Hall–Kier alpha value is -3.03. The Morgan fingerprint density at radius 3 is 3.09 bits per heavy atom. The molecule has 8 heteroatoms. The summed E-state index contributed by atoms with van der Waals surface area (Å²) in [4.78, 5) is 24.1. The third-order valence-corrected chi connectivity index (χ3v) is 2.84. The van der Waals surface area contributed by atoms with Gasteiger partial charge in [-0.1, -0.05) is 0 Å². The van der Waals surface area contributed by atoms with E-state index in [2.05, 4.69) is 25.4 Å². The zero-order chi connectivity index (χ0) is 15.4.